The van der Waals surface area contributed by atoms with E-state index in [1.807, 2.05) is 35.8 Å². The molecular weight excluding hydrogens is 294 g/mol. The highest BCUT2D eigenvalue weighted by Gasteiger charge is 2.26. The lowest BCUT2D eigenvalue weighted by Gasteiger charge is -2.20. The molecule has 1 aromatic carbocycles. The van der Waals surface area contributed by atoms with Gasteiger partial charge in [-0.25, -0.2) is 4.98 Å². The van der Waals surface area contributed by atoms with Crippen molar-refractivity contribution in [3.8, 4) is 0 Å². The molecule has 1 amide bonds. The third-order valence-electron chi connectivity index (χ3n) is 4.15. The molecule has 3 aromatic rings. The van der Waals surface area contributed by atoms with E-state index in [4.69, 9.17) is 0 Å². The van der Waals surface area contributed by atoms with E-state index in [9.17, 15) is 4.79 Å². The summed E-state index contributed by atoms with van der Waals surface area (Å²) in [5, 5.41) is 4.10. The van der Waals surface area contributed by atoms with Crippen molar-refractivity contribution in [2.75, 3.05) is 5.32 Å². The lowest BCUT2D eigenvalue weighted by atomic mass is 9.90. The van der Waals surface area contributed by atoms with Gasteiger partial charge in [-0.05, 0) is 31.4 Å². The number of thiazole rings is 1. The first kappa shape index (κ1) is 13.4. The highest BCUT2D eigenvalue weighted by atomic mass is 32.1. The SMILES string of the molecule is O=C(Nc1cccc2cccnc12)C1CCc2ncsc2C1. The topological polar surface area (TPSA) is 54.9 Å². The number of carbonyl (C=O) groups excluding carboxylic acids is 1. The zero-order valence-electron chi connectivity index (χ0n) is 12.0. The second-order valence-electron chi connectivity index (χ2n) is 5.53. The van der Waals surface area contributed by atoms with Gasteiger partial charge in [-0.2, -0.15) is 0 Å². The van der Waals surface area contributed by atoms with E-state index in [0.29, 0.717) is 0 Å². The average Bonchev–Trinajstić information content (AvgIpc) is 3.02. The number of carbonyl (C=O) groups is 1. The first-order chi connectivity index (χ1) is 10.8. The van der Waals surface area contributed by atoms with E-state index in [0.717, 1.165) is 35.9 Å². The molecule has 5 heteroatoms. The Labute approximate surface area is 132 Å². The summed E-state index contributed by atoms with van der Waals surface area (Å²) in [6, 6.07) is 9.76. The Morgan fingerprint density at radius 2 is 2.14 bits per heavy atom. The summed E-state index contributed by atoms with van der Waals surface area (Å²) in [4.78, 5) is 22.6. The zero-order chi connectivity index (χ0) is 14.9. The molecule has 1 unspecified atom stereocenters. The number of para-hydroxylation sites is 1. The lowest BCUT2D eigenvalue weighted by Crippen LogP contribution is -2.27. The third-order valence-corrected chi connectivity index (χ3v) is 5.05. The van der Waals surface area contributed by atoms with Gasteiger partial charge >= 0.3 is 0 Å². The zero-order valence-corrected chi connectivity index (χ0v) is 12.8. The summed E-state index contributed by atoms with van der Waals surface area (Å²) in [5.74, 6) is 0.101. The average molecular weight is 309 g/mol. The van der Waals surface area contributed by atoms with Crippen LogP contribution in [0, 0.1) is 5.92 Å². The fraction of sp³-hybridized carbons (Fsp3) is 0.235. The molecule has 22 heavy (non-hydrogen) atoms. The predicted molar refractivity (Wildman–Crippen MR) is 88.0 cm³/mol. The summed E-state index contributed by atoms with van der Waals surface area (Å²) in [6.45, 7) is 0. The molecule has 0 bridgehead atoms. The van der Waals surface area contributed by atoms with E-state index in [1.165, 1.54) is 10.6 Å². The number of nitrogens with zero attached hydrogens (tertiary/aromatic N) is 2. The number of aromatic nitrogens is 2. The van der Waals surface area contributed by atoms with Crippen molar-refractivity contribution in [2.45, 2.75) is 19.3 Å². The van der Waals surface area contributed by atoms with Crippen LogP contribution in [0.5, 0.6) is 0 Å². The molecule has 1 N–H and O–H groups in total. The van der Waals surface area contributed by atoms with Gasteiger partial charge in [-0.1, -0.05) is 18.2 Å². The molecule has 0 saturated carbocycles. The Bertz CT molecular complexity index is 837. The van der Waals surface area contributed by atoms with Crippen molar-refractivity contribution in [2.24, 2.45) is 5.92 Å². The number of amides is 1. The second kappa shape index (κ2) is 5.50. The van der Waals surface area contributed by atoms with E-state index in [-0.39, 0.29) is 11.8 Å². The maximum atomic E-state index is 12.6. The first-order valence-corrected chi connectivity index (χ1v) is 8.25. The van der Waals surface area contributed by atoms with Gasteiger partial charge in [0, 0.05) is 22.4 Å². The molecule has 110 valence electrons. The summed E-state index contributed by atoms with van der Waals surface area (Å²) in [6.07, 6.45) is 4.30. The number of hydrogen-bond donors (Lipinski definition) is 1. The molecule has 2 heterocycles. The monoisotopic (exact) mass is 309 g/mol. The largest absolute Gasteiger partial charge is 0.324 e. The normalized spacial score (nSPS) is 17.2. The van der Waals surface area contributed by atoms with Crippen LogP contribution in [0.15, 0.2) is 42.0 Å². The molecule has 0 saturated heterocycles. The van der Waals surface area contributed by atoms with Gasteiger partial charge in [0.1, 0.15) is 0 Å². The molecule has 0 radical (unpaired) electrons. The van der Waals surface area contributed by atoms with Gasteiger partial charge in [0.05, 0.1) is 22.4 Å². The number of nitrogens with one attached hydrogen (secondary N) is 1. The smallest absolute Gasteiger partial charge is 0.227 e. The first-order valence-electron chi connectivity index (χ1n) is 7.37. The predicted octanol–water partition coefficient (Wildman–Crippen LogP) is 3.43. The van der Waals surface area contributed by atoms with Crippen LogP contribution in [-0.4, -0.2) is 15.9 Å². The van der Waals surface area contributed by atoms with Gasteiger partial charge < -0.3 is 5.32 Å². The van der Waals surface area contributed by atoms with Crippen molar-refractivity contribution in [3.05, 3.63) is 52.6 Å². The fourth-order valence-electron chi connectivity index (χ4n) is 2.96. The molecule has 1 aliphatic carbocycles. The number of fused-ring (bicyclic) bond motifs is 2. The van der Waals surface area contributed by atoms with Gasteiger partial charge in [0.2, 0.25) is 5.91 Å². The summed E-state index contributed by atoms with van der Waals surface area (Å²) >= 11 is 1.65. The van der Waals surface area contributed by atoms with Crippen LogP contribution >= 0.6 is 11.3 Å². The van der Waals surface area contributed by atoms with Gasteiger partial charge in [0.25, 0.3) is 0 Å². The lowest BCUT2D eigenvalue weighted by molar-refractivity contribution is -0.120. The number of benzene rings is 1. The Hall–Kier alpha value is -2.27. The van der Waals surface area contributed by atoms with E-state index in [2.05, 4.69) is 15.3 Å². The van der Waals surface area contributed by atoms with Crippen LogP contribution in [0.2, 0.25) is 0 Å². The number of rotatable bonds is 2. The van der Waals surface area contributed by atoms with Crippen molar-refractivity contribution < 1.29 is 4.79 Å². The molecule has 4 nitrogen and oxygen atoms in total. The van der Waals surface area contributed by atoms with E-state index < -0.39 is 0 Å². The highest BCUT2D eigenvalue weighted by molar-refractivity contribution is 7.09. The minimum Gasteiger partial charge on any atom is -0.324 e. The Morgan fingerprint density at radius 3 is 3.09 bits per heavy atom. The van der Waals surface area contributed by atoms with E-state index >= 15 is 0 Å². The quantitative estimate of drug-likeness (QED) is 0.789. The summed E-state index contributed by atoms with van der Waals surface area (Å²) in [7, 11) is 0. The molecule has 1 atom stereocenters. The van der Waals surface area contributed by atoms with Crippen molar-refractivity contribution in [1.82, 2.24) is 9.97 Å². The molecule has 1 aliphatic rings. The third kappa shape index (κ3) is 2.37. The van der Waals surface area contributed by atoms with Crippen LogP contribution in [0.1, 0.15) is 17.0 Å². The minimum atomic E-state index is 0.0203. The fourth-order valence-corrected chi connectivity index (χ4v) is 3.86. The second-order valence-corrected chi connectivity index (χ2v) is 6.47. The molecule has 4 rings (SSSR count). The van der Waals surface area contributed by atoms with Crippen LogP contribution in [0.3, 0.4) is 0 Å². The minimum absolute atomic E-state index is 0.0203. The van der Waals surface area contributed by atoms with Gasteiger partial charge in [0.15, 0.2) is 0 Å². The van der Waals surface area contributed by atoms with Crippen LogP contribution in [0.25, 0.3) is 10.9 Å². The summed E-state index contributed by atoms with van der Waals surface area (Å²) < 4.78 is 0. The molecule has 0 aliphatic heterocycles. The van der Waals surface area contributed by atoms with Gasteiger partial charge in [-0.3, -0.25) is 9.78 Å². The Balaban J connectivity index is 1.57. The van der Waals surface area contributed by atoms with Crippen molar-refractivity contribution in [1.29, 1.82) is 0 Å². The number of hydrogen-bond acceptors (Lipinski definition) is 4. The molecule has 0 spiro atoms. The number of pyridine rings is 1. The maximum absolute atomic E-state index is 12.6. The Kier molecular flexibility index (Phi) is 3.35. The van der Waals surface area contributed by atoms with Gasteiger partial charge in [-0.15, -0.1) is 11.3 Å². The standard InChI is InChI=1S/C17H15N3OS/c21-17(12-6-7-13-15(9-12)22-10-19-13)20-14-5-1-3-11-4-2-8-18-16(11)14/h1-5,8,10,12H,6-7,9H2,(H,20,21). The molecule has 0 fully saturated rings. The molecule has 2 aromatic heterocycles. The Morgan fingerprint density at radius 1 is 1.23 bits per heavy atom. The van der Waals surface area contributed by atoms with Crippen LogP contribution < -0.4 is 5.32 Å². The molecular formula is C17H15N3OS. The van der Waals surface area contributed by atoms with E-state index in [1.54, 1.807) is 17.5 Å². The number of anilines is 1. The van der Waals surface area contributed by atoms with Crippen LogP contribution in [-0.2, 0) is 17.6 Å². The summed E-state index contributed by atoms with van der Waals surface area (Å²) in [5.41, 5.74) is 4.67. The van der Waals surface area contributed by atoms with Crippen molar-refractivity contribution >= 4 is 33.8 Å². The number of aryl methyl sites for hydroxylation is 1. The maximum Gasteiger partial charge on any atom is 0.227 e. The van der Waals surface area contributed by atoms with Crippen LogP contribution in [0.4, 0.5) is 5.69 Å². The van der Waals surface area contributed by atoms with Crippen molar-refractivity contribution in [3.63, 3.8) is 0 Å². The highest BCUT2D eigenvalue weighted by Crippen LogP contribution is 2.29.